The molecule has 0 unspecified atom stereocenters. The van der Waals surface area contributed by atoms with Crippen molar-refractivity contribution in [2.45, 2.75) is 13.5 Å². The van der Waals surface area contributed by atoms with Gasteiger partial charge in [-0.15, -0.1) is 0 Å². The summed E-state index contributed by atoms with van der Waals surface area (Å²) >= 11 is 3.56. The zero-order valence-corrected chi connectivity index (χ0v) is 10.8. The molecule has 0 radical (unpaired) electrons. The van der Waals surface area contributed by atoms with E-state index in [-0.39, 0.29) is 0 Å². The second-order valence-electron chi connectivity index (χ2n) is 3.59. The van der Waals surface area contributed by atoms with Crippen molar-refractivity contribution in [3.63, 3.8) is 0 Å². The van der Waals surface area contributed by atoms with Crippen molar-refractivity contribution >= 4 is 15.9 Å². The Kier molecular flexibility index (Phi) is 3.41. The van der Waals surface area contributed by atoms with Crippen LogP contribution < -0.4 is 5.32 Å². The molecule has 0 amide bonds. The molecule has 0 aliphatic carbocycles. The van der Waals surface area contributed by atoms with E-state index < -0.39 is 0 Å². The Morgan fingerprint density at radius 3 is 3.00 bits per heavy atom. The number of aromatic nitrogens is 1. The van der Waals surface area contributed by atoms with Gasteiger partial charge in [0, 0.05) is 10.0 Å². The Labute approximate surface area is 103 Å². The first kappa shape index (κ1) is 11.4. The highest BCUT2D eigenvalue weighted by atomic mass is 79.9. The van der Waals surface area contributed by atoms with Crippen molar-refractivity contribution in [3.05, 3.63) is 40.3 Å². The summed E-state index contributed by atoms with van der Waals surface area (Å²) in [5.74, 6) is 1.49. The number of aryl methyl sites for hydroxylation is 1. The van der Waals surface area contributed by atoms with Crippen LogP contribution >= 0.6 is 15.9 Å². The smallest absolute Gasteiger partial charge is 0.208 e. The predicted molar refractivity (Wildman–Crippen MR) is 67.1 cm³/mol. The van der Waals surface area contributed by atoms with Gasteiger partial charge in [0.1, 0.15) is 0 Å². The first-order valence-corrected chi connectivity index (χ1v) is 5.86. The molecule has 0 aliphatic rings. The molecule has 2 rings (SSSR count). The maximum atomic E-state index is 5.64. The number of rotatable bonds is 3. The minimum atomic E-state index is 0.642. The SMILES string of the molecule is CNCc1ncc(-c2cccc(C)c2Br)o1. The first-order valence-electron chi connectivity index (χ1n) is 5.07. The molecule has 0 bridgehead atoms. The van der Waals surface area contributed by atoms with Crippen LogP contribution in [0, 0.1) is 6.92 Å². The zero-order valence-electron chi connectivity index (χ0n) is 9.25. The van der Waals surface area contributed by atoms with Gasteiger partial charge in [0.25, 0.3) is 0 Å². The number of hydrogen-bond acceptors (Lipinski definition) is 3. The fraction of sp³-hybridized carbons (Fsp3) is 0.250. The van der Waals surface area contributed by atoms with E-state index >= 15 is 0 Å². The standard InChI is InChI=1S/C12H13BrN2O/c1-8-4-3-5-9(12(8)13)10-6-15-11(16-10)7-14-2/h3-6,14H,7H2,1-2H3. The molecule has 0 fully saturated rings. The zero-order chi connectivity index (χ0) is 11.5. The van der Waals surface area contributed by atoms with Crippen LogP contribution in [0.5, 0.6) is 0 Å². The fourth-order valence-electron chi connectivity index (χ4n) is 1.51. The molecule has 3 nitrogen and oxygen atoms in total. The molecule has 0 aliphatic heterocycles. The van der Waals surface area contributed by atoms with E-state index in [0.717, 1.165) is 15.8 Å². The van der Waals surface area contributed by atoms with Crippen LogP contribution in [0.4, 0.5) is 0 Å². The lowest BCUT2D eigenvalue weighted by Crippen LogP contribution is -2.04. The molecule has 2 aromatic rings. The van der Waals surface area contributed by atoms with Crippen LogP contribution in [-0.2, 0) is 6.54 Å². The van der Waals surface area contributed by atoms with Crippen LogP contribution in [0.25, 0.3) is 11.3 Å². The highest BCUT2D eigenvalue weighted by molar-refractivity contribution is 9.10. The van der Waals surface area contributed by atoms with Crippen LogP contribution in [0.15, 0.2) is 33.3 Å². The molecule has 1 aromatic heterocycles. The number of benzene rings is 1. The largest absolute Gasteiger partial charge is 0.439 e. The molecule has 1 heterocycles. The molecular formula is C12H13BrN2O. The minimum Gasteiger partial charge on any atom is -0.439 e. The van der Waals surface area contributed by atoms with Gasteiger partial charge in [0.05, 0.1) is 12.7 Å². The molecule has 1 aromatic carbocycles. The maximum Gasteiger partial charge on any atom is 0.208 e. The van der Waals surface area contributed by atoms with Crippen molar-refractivity contribution in [2.75, 3.05) is 7.05 Å². The molecule has 84 valence electrons. The summed E-state index contributed by atoms with van der Waals surface area (Å²) in [5, 5.41) is 3.01. The van der Waals surface area contributed by atoms with E-state index in [1.807, 2.05) is 19.2 Å². The monoisotopic (exact) mass is 280 g/mol. The minimum absolute atomic E-state index is 0.642. The third-order valence-corrected chi connectivity index (χ3v) is 3.39. The Morgan fingerprint density at radius 1 is 1.44 bits per heavy atom. The maximum absolute atomic E-state index is 5.64. The molecule has 0 saturated carbocycles. The Bertz CT molecular complexity index is 494. The van der Waals surface area contributed by atoms with E-state index in [9.17, 15) is 0 Å². The first-order chi connectivity index (χ1) is 7.72. The molecule has 0 atom stereocenters. The summed E-state index contributed by atoms with van der Waals surface area (Å²) in [4.78, 5) is 4.20. The number of nitrogens with one attached hydrogen (secondary N) is 1. The summed E-state index contributed by atoms with van der Waals surface area (Å²) in [6.07, 6.45) is 1.76. The lowest BCUT2D eigenvalue weighted by molar-refractivity contribution is 0.490. The molecular weight excluding hydrogens is 268 g/mol. The van der Waals surface area contributed by atoms with E-state index in [0.29, 0.717) is 12.4 Å². The molecule has 0 spiro atoms. The van der Waals surface area contributed by atoms with Crippen LogP contribution in [0.2, 0.25) is 0 Å². The third-order valence-electron chi connectivity index (χ3n) is 2.34. The molecule has 16 heavy (non-hydrogen) atoms. The normalized spacial score (nSPS) is 10.7. The number of nitrogens with zero attached hydrogens (tertiary/aromatic N) is 1. The van der Waals surface area contributed by atoms with Crippen molar-refractivity contribution in [1.29, 1.82) is 0 Å². The van der Waals surface area contributed by atoms with Gasteiger partial charge >= 0.3 is 0 Å². The number of halogens is 1. The lowest BCUT2D eigenvalue weighted by Gasteiger charge is -2.03. The summed E-state index contributed by atoms with van der Waals surface area (Å²) < 4.78 is 6.70. The fourth-order valence-corrected chi connectivity index (χ4v) is 1.97. The Hall–Kier alpha value is -1.13. The van der Waals surface area contributed by atoms with Gasteiger partial charge in [-0.3, -0.25) is 0 Å². The summed E-state index contributed by atoms with van der Waals surface area (Å²) in [5.41, 5.74) is 2.22. The lowest BCUT2D eigenvalue weighted by atomic mass is 10.1. The van der Waals surface area contributed by atoms with Gasteiger partial charge in [0.15, 0.2) is 5.76 Å². The van der Waals surface area contributed by atoms with Gasteiger partial charge in [-0.2, -0.15) is 0 Å². The third kappa shape index (κ3) is 2.18. The van der Waals surface area contributed by atoms with Crippen molar-refractivity contribution in [2.24, 2.45) is 0 Å². The average Bonchev–Trinajstić information content (AvgIpc) is 2.71. The highest BCUT2D eigenvalue weighted by Crippen LogP contribution is 2.30. The average molecular weight is 281 g/mol. The van der Waals surface area contributed by atoms with E-state index in [1.54, 1.807) is 6.20 Å². The van der Waals surface area contributed by atoms with E-state index in [1.165, 1.54) is 5.56 Å². The molecule has 0 saturated heterocycles. The predicted octanol–water partition coefficient (Wildman–Crippen LogP) is 3.13. The van der Waals surface area contributed by atoms with Crippen LogP contribution in [-0.4, -0.2) is 12.0 Å². The quantitative estimate of drug-likeness (QED) is 0.939. The van der Waals surface area contributed by atoms with Gasteiger partial charge in [-0.1, -0.05) is 18.2 Å². The second kappa shape index (κ2) is 4.80. The van der Waals surface area contributed by atoms with Gasteiger partial charge < -0.3 is 9.73 Å². The summed E-state index contributed by atoms with van der Waals surface area (Å²) in [6, 6.07) is 6.08. The topological polar surface area (TPSA) is 38.1 Å². The van der Waals surface area contributed by atoms with Gasteiger partial charge in [0.2, 0.25) is 5.89 Å². The van der Waals surface area contributed by atoms with Crippen LogP contribution in [0.1, 0.15) is 11.5 Å². The van der Waals surface area contributed by atoms with Crippen molar-refractivity contribution in [3.8, 4) is 11.3 Å². The number of oxazole rings is 1. The highest BCUT2D eigenvalue weighted by Gasteiger charge is 2.10. The summed E-state index contributed by atoms with van der Waals surface area (Å²) in [6.45, 7) is 2.70. The molecule has 1 N–H and O–H groups in total. The van der Waals surface area contributed by atoms with E-state index in [2.05, 4.69) is 39.2 Å². The Morgan fingerprint density at radius 2 is 2.25 bits per heavy atom. The number of hydrogen-bond donors (Lipinski definition) is 1. The van der Waals surface area contributed by atoms with Crippen LogP contribution in [0.3, 0.4) is 0 Å². The van der Waals surface area contributed by atoms with Crippen molar-refractivity contribution in [1.82, 2.24) is 10.3 Å². The van der Waals surface area contributed by atoms with Gasteiger partial charge in [-0.25, -0.2) is 4.98 Å². The second-order valence-corrected chi connectivity index (χ2v) is 4.38. The Balaban J connectivity index is 2.39. The molecule has 4 heteroatoms. The van der Waals surface area contributed by atoms with Gasteiger partial charge in [-0.05, 0) is 35.5 Å². The van der Waals surface area contributed by atoms with Crippen molar-refractivity contribution < 1.29 is 4.42 Å². The summed E-state index contributed by atoms with van der Waals surface area (Å²) in [7, 11) is 1.87. The van der Waals surface area contributed by atoms with E-state index in [4.69, 9.17) is 4.42 Å².